The molecule has 3 unspecified atom stereocenters. The van der Waals surface area contributed by atoms with E-state index < -0.39 is 17.5 Å². The van der Waals surface area contributed by atoms with Crippen LogP contribution in [0.5, 0.6) is 0 Å². The van der Waals surface area contributed by atoms with Crippen molar-refractivity contribution < 1.29 is 38.8 Å². The predicted octanol–water partition coefficient (Wildman–Crippen LogP) is 8.40. The first-order valence-electron chi connectivity index (χ1n) is 17.1. The lowest BCUT2D eigenvalue weighted by Crippen LogP contribution is -2.31. The van der Waals surface area contributed by atoms with Gasteiger partial charge in [-0.15, -0.1) is 0 Å². The Morgan fingerprint density at radius 1 is 0.633 bits per heavy atom. The van der Waals surface area contributed by atoms with Gasteiger partial charge < -0.3 is 24.4 Å². The maximum Gasteiger partial charge on any atom is 0.338 e. The van der Waals surface area contributed by atoms with Gasteiger partial charge in [0.1, 0.15) is 19.3 Å². The van der Waals surface area contributed by atoms with Crippen molar-refractivity contribution >= 4 is 39.5 Å². The van der Waals surface area contributed by atoms with Crippen molar-refractivity contribution in [2.75, 3.05) is 26.4 Å². The summed E-state index contributed by atoms with van der Waals surface area (Å²) in [5, 5.41) is 22.4. The Morgan fingerprint density at radius 3 is 1.47 bits per heavy atom. The molecule has 8 heteroatoms. The van der Waals surface area contributed by atoms with Gasteiger partial charge >= 0.3 is 17.9 Å². The quantitative estimate of drug-likeness (QED) is 0.107. The van der Waals surface area contributed by atoms with E-state index >= 15 is 0 Å². The SMILES string of the molecule is CCC(C)(C)C(=O)OCC(O)COC(=O)c1ccc2ccccc2c1.CCC(C)CO.CCC(C)COC(=O)c1ccc2ccccc2c1. The predicted molar refractivity (Wildman–Crippen MR) is 195 cm³/mol. The van der Waals surface area contributed by atoms with Crippen LogP contribution < -0.4 is 0 Å². The van der Waals surface area contributed by atoms with Crippen molar-refractivity contribution in [2.45, 2.75) is 73.8 Å². The summed E-state index contributed by atoms with van der Waals surface area (Å²) in [4.78, 5) is 35.8. The lowest BCUT2D eigenvalue weighted by molar-refractivity contribution is -0.157. The minimum absolute atomic E-state index is 0.201. The molecule has 0 fully saturated rings. The number of ether oxygens (including phenoxy) is 3. The highest BCUT2D eigenvalue weighted by molar-refractivity contribution is 5.96. The molecule has 0 saturated carbocycles. The van der Waals surface area contributed by atoms with Crippen molar-refractivity contribution in [3.63, 3.8) is 0 Å². The van der Waals surface area contributed by atoms with E-state index in [0.29, 0.717) is 42.6 Å². The van der Waals surface area contributed by atoms with E-state index in [-0.39, 0.29) is 25.2 Å². The third kappa shape index (κ3) is 14.0. The van der Waals surface area contributed by atoms with Gasteiger partial charge in [0.2, 0.25) is 0 Å². The number of carbonyl (C=O) groups excluding carboxylic acids is 3. The monoisotopic (exact) mass is 674 g/mol. The molecule has 0 radical (unpaired) electrons. The Hall–Kier alpha value is -4.27. The zero-order chi connectivity index (χ0) is 36.4. The normalized spacial score (nSPS) is 12.8. The third-order valence-electron chi connectivity index (χ3n) is 8.42. The van der Waals surface area contributed by atoms with Crippen LogP contribution in [0.4, 0.5) is 0 Å². The lowest BCUT2D eigenvalue weighted by Gasteiger charge is -2.21. The van der Waals surface area contributed by atoms with Crippen molar-refractivity contribution in [2.24, 2.45) is 17.3 Å². The number of esters is 3. The van der Waals surface area contributed by atoms with Gasteiger partial charge in [0.25, 0.3) is 0 Å². The van der Waals surface area contributed by atoms with Crippen molar-refractivity contribution in [1.29, 1.82) is 0 Å². The van der Waals surface area contributed by atoms with Gasteiger partial charge in [-0.2, -0.15) is 0 Å². The number of fused-ring (bicyclic) bond motifs is 2. The fraction of sp³-hybridized carbons (Fsp3) is 0.439. The second kappa shape index (κ2) is 21.0. The number of aliphatic hydroxyl groups is 2. The van der Waals surface area contributed by atoms with Gasteiger partial charge in [-0.25, -0.2) is 9.59 Å². The van der Waals surface area contributed by atoms with Crippen LogP contribution in [0.15, 0.2) is 84.9 Å². The van der Waals surface area contributed by atoms with Gasteiger partial charge in [-0.1, -0.05) is 108 Å². The van der Waals surface area contributed by atoms with Gasteiger partial charge in [-0.05, 0) is 77.9 Å². The van der Waals surface area contributed by atoms with Crippen LogP contribution in [-0.2, 0) is 19.0 Å². The third-order valence-corrected chi connectivity index (χ3v) is 8.42. The summed E-state index contributed by atoms with van der Waals surface area (Å²) in [6, 6.07) is 26.6. The van der Waals surface area contributed by atoms with E-state index in [2.05, 4.69) is 20.8 Å². The first-order chi connectivity index (χ1) is 23.3. The second-order valence-corrected chi connectivity index (χ2v) is 13.0. The molecule has 0 aliphatic carbocycles. The molecule has 4 aromatic rings. The molecule has 0 heterocycles. The van der Waals surface area contributed by atoms with Gasteiger partial charge in [0.15, 0.2) is 0 Å². The molecule has 0 saturated heterocycles. The number of rotatable bonds is 13. The maximum absolute atomic E-state index is 12.1. The molecule has 0 spiro atoms. The van der Waals surface area contributed by atoms with Crippen LogP contribution in [0.2, 0.25) is 0 Å². The molecule has 266 valence electrons. The molecule has 4 aromatic carbocycles. The number of aliphatic hydroxyl groups excluding tert-OH is 2. The Labute approximate surface area is 291 Å². The molecule has 3 atom stereocenters. The summed E-state index contributed by atoms with van der Waals surface area (Å²) in [6.07, 6.45) is 1.68. The fourth-order valence-electron chi connectivity index (χ4n) is 4.00. The first kappa shape index (κ1) is 40.9. The standard InChI is InChI=1S/C20H24O5.C16H18O2.C5H12O/c1-4-20(2,3)19(23)25-13-17(21)12-24-18(22)16-10-9-14-7-5-6-8-15(14)11-16;1-3-12(2)11-18-16(17)15-9-8-13-6-4-5-7-14(13)10-15;1-3-5(2)4-6/h5-11,17,21H,4,12-13H2,1-3H3;4-10,12H,3,11H2,1-2H3;5-6H,3-4H2,1-2H3. The van der Waals surface area contributed by atoms with Gasteiger partial charge in [0, 0.05) is 6.61 Å². The Balaban J connectivity index is 0.000000302. The maximum atomic E-state index is 12.1. The molecule has 4 rings (SSSR count). The molecule has 8 nitrogen and oxygen atoms in total. The number of hydrogen-bond acceptors (Lipinski definition) is 8. The molecule has 0 bridgehead atoms. The summed E-state index contributed by atoms with van der Waals surface area (Å²) < 4.78 is 15.5. The van der Waals surface area contributed by atoms with Crippen molar-refractivity contribution in [1.82, 2.24) is 0 Å². The molecule has 2 N–H and O–H groups in total. The lowest BCUT2D eigenvalue weighted by atomic mass is 9.91. The molecule has 0 amide bonds. The average molecular weight is 675 g/mol. The smallest absolute Gasteiger partial charge is 0.338 e. The summed E-state index contributed by atoms with van der Waals surface area (Å²) in [7, 11) is 0. The molecule has 0 aliphatic heterocycles. The second-order valence-electron chi connectivity index (χ2n) is 13.0. The average Bonchev–Trinajstić information content (AvgIpc) is 3.14. The summed E-state index contributed by atoms with van der Waals surface area (Å²) in [6.45, 7) is 14.1. The van der Waals surface area contributed by atoms with Crippen LogP contribution in [0.25, 0.3) is 21.5 Å². The van der Waals surface area contributed by atoms with Crippen LogP contribution in [0, 0.1) is 17.3 Å². The molecule has 0 aliphatic rings. The van der Waals surface area contributed by atoms with Crippen LogP contribution >= 0.6 is 0 Å². The van der Waals surface area contributed by atoms with Crippen LogP contribution in [0.3, 0.4) is 0 Å². The van der Waals surface area contributed by atoms with E-state index in [1.807, 2.05) is 86.6 Å². The highest BCUT2D eigenvalue weighted by Gasteiger charge is 2.27. The summed E-state index contributed by atoms with van der Waals surface area (Å²) in [5.41, 5.74) is 0.439. The molecule has 0 aromatic heterocycles. The number of benzene rings is 4. The minimum Gasteiger partial charge on any atom is -0.462 e. The fourth-order valence-corrected chi connectivity index (χ4v) is 4.00. The Bertz CT molecular complexity index is 1610. The minimum atomic E-state index is -1.05. The van der Waals surface area contributed by atoms with E-state index in [1.165, 1.54) is 0 Å². The van der Waals surface area contributed by atoms with E-state index in [0.717, 1.165) is 34.4 Å². The molecular weight excluding hydrogens is 620 g/mol. The van der Waals surface area contributed by atoms with Crippen LogP contribution in [-0.4, -0.2) is 60.7 Å². The summed E-state index contributed by atoms with van der Waals surface area (Å²) in [5.74, 6) is -0.236. The molecule has 49 heavy (non-hydrogen) atoms. The largest absolute Gasteiger partial charge is 0.462 e. The van der Waals surface area contributed by atoms with E-state index in [4.69, 9.17) is 19.3 Å². The Morgan fingerprint density at radius 2 is 1.06 bits per heavy atom. The van der Waals surface area contributed by atoms with E-state index in [9.17, 15) is 19.5 Å². The molecular formula is C41H54O8. The van der Waals surface area contributed by atoms with Crippen LogP contribution in [0.1, 0.15) is 88.4 Å². The topological polar surface area (TPSA) is 119 Å². The van der Waals surface area contributed by atoms with Gasteiger partial charge in [0.05, 0.1) is 23.1 Å². The number of carbonyl (C=O) groups is 3. The zero-order valence-corrected chi connectivity index (χ0v) is 30.1. The van der Waals surface area contributed by atoms with Crippen molar-refractivity contribution in [3.05, 3.63) is 96.1 Å². The van der Waals surface area contributed by atoms with E-state index in [1.54, 1.807) is 26.0 Å². The highest BCUT2D eigenvalue weighted by Crippen LogP contribution is 2.22. The number of hydrogen-bond donors (Lipinski definition) is 2. The van der Waals surface area contributed by atoms with Gasteiger partial charge in [-0.3, -0.25) is 4.79 Å². The Kier molecular flexibility index (Phi) is 17.5. The summed E-state index contributed by atoms with van der Waals surface area (Å²) >= 11 is 0. The highest BCUT2D eigenvalue weighted by atomic mass is 16.6. The van der Waals surface area contributed by atoms with Crippen molar-refractivity contribution in [3.8, 4) is 0 Å². The first-order valence-corrected chi connectivity index (χ1v) is 17.1. The zero-order valence-electron chi connectivity index (χ0n) is 30.1.